The first-order valence-corrected chi connectivity index (χ1v) is 7.17. The summed E-state index contributed by atoms with van der Waals surface area (Å²) < 4.78 is 1.00. The maximum Gasteiger partial charge on any atom is 3.00 e. The van der Waals surface area contributed by atoms with Crippen LogP contribution in [0.1, 0.15) is 0 Å². The molecule has 0 radical (unpaired) electrons. The van der Waals surface area contributed by atoms with E-state index in [9.17, 15) is 19.2 Å². The van der Waals surface area contributed by atoms with Crippen LogP contribution in [0.4, 0.5) is 11.4 Å². The van der Waals surface area contributed by atoms with E-state index in [1.807, 2.05) is 0 Å². The number of para-hydroxylation sites is 2. The first-order valence-electron chi connectivity index (χ1n) is 7.17. The van der Waals surface area contributed by atoms with Crippen LogP contribution in [-0.4, -0.2) is 70.4 Å². The number of hydrogen-bond acceptors (Lipinski definition) is 4. The number of likely N-dealkylation sites (N-methyl/N-ethyl adjacent to an activating group) is 2. The SMILES string of the molecule is C[N+](C)(C)C.C[N-]C(=O)C(=O)[N-]c1ccccc1[N-]C(=O)C(=O)[N-]C.[Co+3]. The summed E-state index contributed by atoms with van der Waals surface area (Å²) in [5, 5.41) is 13.3. The van der Waals surface area contributed by atoms with Gasteiger partial charge in [-0.25, -0.2) is 0 Å². The van der Waals surface area contributed by atoms with Crippen LogP contribution in [0.2, 0.25) is 0 Å². The second-order valence-corrected chi connectivity index (χ2v) is 6.06. The minimum absolute atomic E-state index is 0. The summed E-state index contributed by atoms with van der Waals surface area (Å²) in [4.78, 5) is 44.8. The van der Waals surface area contributed by atoms with E-state index in [1.165, 1.54) is 24.3 Å². The van der Waals surface area contributed by atoms with Gasteiger partial charge in [0.25, 0.3) is 0 Å². The van der Waals surface area contributed by atoms with Crippen molar-refractivity contribution in [2.75, 3.05) is 42.3 Å². The van der Waals surface area contributed by atoms with Gasteiger partial charge in [0.05, 0.1) is 40.0 Å². The fraction of sp³-hybridized carbons (Fsp3) is 0.375. The molecule has 0 unspecified atom stereocenters. The molecule has 4 amide bonds. The van der Waals surface area contributed by atoms with Gasteiger partial charge in [-0.15, -0.1) is 25.5 Å². The number of nitrogens with zero attached hydrogens (tertiary/aromatic N) is 5. The maximum absolute atomic E-state index is 11.3. The summed E-state index contributed by atoms with van der Waals surface area (Å²) in [5.41, 5.74) is -0.0153. The molecule has 0 N–H and O–H groups in total. The minimum atomic E-state index is -1.09. The number of carbonyl (C=O) groups excluding carboxylic acids is 4. The van der Waals surface area contributed by atoms with Crippen LogP contribution in [-0.2, 0) is 36.0 Å². The zero-order valence-electron chi connectivity index (χ0n) is 15.5. The smallest absolute Gasteiger partial charge is 0.651 e. The predicted octanol–water partition coefficient (Wildman–Crippen LogP) is 2.13. The van der Waals surface area contributed by atoms with Gasteiger partial charge in [-0.05, 0) is 0 Å². The molecule has 0 atom stereocenters. The summed E-state index contributed by atoms with van der Waals surface area (Å²) in [6, 6.07) is 5.82. The molecular weight excluding hydrogens is 385 g/mol. The van der Waals surface area contributed by atoms with Gasteiger partial charge in [0, 0.05) is 0 Å². The molecule has 0 heterocycles. The van der Waals surface area contributed by atoms with Crippen molar-refractivity contribution in [3.05, 3.63) is 45.5 Å². The van der Waals surface area contributed by atoms with E-state index >= 15 is 0 Å². The molecule has 0 aliphatic rings. The molecule has 144 valence electrons. The predicted molar refractivity (Wildman–Crippen MR) is 95.0 cm³/mol. The van der Waals surface area contributed by atoms with Gasteiger partial charge in [-0.2, -0.15) is 0 Å². The number of carbonyl (C=O) groups is 4. The molecule has 0 aromatic heterocycles. The Morgan fingerprint density at radius 3 is 1.19 bits per heavy atom. The van der Waals surface area contributed by atoms with Gasteiger partial charge >= 0.3 is 16.8 Å². The summed E-state index contributed by atoms with van der Waals surface area (Å²) >= 11 is 0. The molecule has 0 fully saturated rings. The standard InChI is InChI=1S/C12H14N4O4.C4H12N.Co/c1-13-9(17)11(19)15-7-5-3-4-6-8(7)16-12(20)10(18)14-2;1-5(2,3)4;/h3-6H,1-2H3,(H4,13,14,15,16,17,18,19,20);1-4H3;/q;+1;+3/p-4. The Labute approximate surface area is 163 Å². The van der Waals surface area contributed by atoms with Crippen molar-refractivity contribution < 1.29 is 40.4 Å². The molecule has 10 heteroatoms. The van der Waals surface area contributed by atoms with Gasteiger partial charge in [0.2, 0.25) is 0 Å². The molecule has 1 aromatic rings. The number of quaternary nitrogens is 1. The summed E-state index contributed by atoms with van der Waals surface area (Å²) in [7, 11) is 10.8. The van der Waals surface area contributed by atoms with Crippen molar-refractivity contribution >= 4 is 35.0 Å². The Morgan fingerprint density at radius 2 is 0.962 bits per heavy atom. The van der Waals surface area contributed by atoms with Crippen LogP contribution in [0, 0.1) is 0 Å². The van der Waals surface area contributed by atoms with Gasteiger partial charge < -0.3 is 44.9 Å². The van der Waals surface area contributed by atoms with Crippen molar-refractivity contribution in [1.29, 1.82) is 0 Å². The van der Waals surface area contributed by atoms with Crippen LogP contribution in [0.15, 0.2) is 24.3 Å². The maximum atomic E-state index is 11.3. The summed E-state index contributed by atoms with van der Waals surface area (Å²) in [6.07, 6.45) is 0. The van der Waals surface area contributed by atoms with Crippen LogP contribution in [0.3, 0.4) is 0 Å². The zero-order chi connectivity index (χ0) is 19.6. The Hall–Kier alpha value is -2.43. The van der Waals surface area contributed by atoms with E-state index in [2.05, 4.69) is 49.5 Å². The molecule has 0 aliphatic heterocycles. The summed E-state index contributed by atoms with van der Waals surface area (Å²) in [5.74, 6) is -4.22. The molecule has 0 saturated carbocycles. The number of benzene rings is 1. The molecule has 1 aromatic carbocycles. The van der Waals surface area contributed by atoms with Gasteiger partial charge in [-0.3, -0.25) is 0 Å². The second-order valence-electron chi connectivity index (χ2n) is 6.06. The van der Waals surface area contributed by atoms with Crippen LogP contribution >= 0.6 is 0 Å². The second kappa shape index (κ2) is 12.0. The molecule has 0 saturated heterocycles. The van der Waals surface area contributed by atoms with E-state index in [0.717, 1.165) is 18.6 Å². The first-order chi connectivity index (χ1) is 11.5. The van der Waals surface area contributed by atoms with Crippen molar-refractivity contribution in [2.24, 2.45) is 0 Å². The first kappa shape index (κ1) is 25.8. The number of amides is 4. The van der Waals surface area contributed by atoms with Crippen molar-refractivity contribution in [3.8, 4) is 0 Å². The van der Waals surface area contributed by atoms with Gasteiger partial charge in [-0.1, -0.05) is 24.3 Å². The van der Waals surface area contributed by atoms with Gasteiger partial charge in [0.1, 0.15) is 11.8 Å². The Morgan fingerprint density at radius 1 is 0.692 bits per heavy atom. The number of rotatable bonds is 2. The van der Waals surface area contributed by atoms with Crippen molar-refractivity contribution in [1.82, 2.24) is 0 Å². The van der Waals surface area contributed by atoms with Crippen LogP contribution in [0.25, 0.3) is 21.3 Å². The van der Waals surface area contributed by atoms with E-state index < -0.39 is 23.6 Å². The van der Waals surface area contributed by atoms with E-state index in [-0.39, 0.29) is 28.2 Å². The quantitative estimate of drug-likeness (QED) is 0.550. The largest absolute Gasteiger partial charge is 3.00 e. The van der Waals surface area contributed by atoms with Crippen LogP contribution in [0.5, 0.6) is 0 Å². The minimum Gasteiger partial charge on any atom is -0.651 e. The van der Waals surface area contributed by atoms with E-state index in [0.29, 0.717) is 0 Å². The van der Waals surface area contributed by atoms with E-state index in [1.54, 1.807) is 0 Å². The molecule has 0 bridgehead atoms. The molecule has 0 aliphatic carbocycles. The third-order valence-corrected chi connectivity index (χ3v) is 2.10. The average Bonchev–Trinajstić information content (AvgIpc) is 2.53. The van der Waals surface area contributed by atoms with Crippen molar-refractivity contribution in [3.63, 3.8) is 0 Å². The fourth-order valence-corrected chi connectivity index (χ4v) is 1.16. The average molecular weight is 407 g/mol. The van der Waals surface area contributed by atoms with Crippen LogP contribution < -0.4 is 0 Å². The zero-order valence-corrected chi connectivity index (χ0v) is 16.6. The Balaban J connectivity index is 0. The third-order valence-electron chi connectivity index (χ3n) is 2.10. The molecule has 9 nitrogen and oxygen atoms in total. The fourth-order valence-electron chi connectivity index (χ4n) is 1.16. The molecular formula is C16H22CoN5O4. The summed E-state index contributed by atoms with van der Waals surface area (Å²) in [6.45, 7) is 0. The van der Waals surface area contributed by atoms with Gasteiger partial charge in [0.15, 0.2) is 0 Å². The monoisotopic (exact) mass is 407 g/mol. The Bertz CT molecular complexity index is 589. The molecule has 0 spiro atoms. The Kier molecular flexibility index (Phi) is 11.9. The van der Waals surface area contributed by atoms with E-state index in [4.69, 9.17) is 0 Å². The third kappa shape index (κ3) is 11.2. The normalized spacial score (nSPS) is 9.46. The number of hydrogen-bond donors (Lipinski definition) is 0. The van der Waals surface area contributed by atoms with Crippen molar-refractivity contribution in [2.45, 2.75) is 0 Å². The molecule has 1 rings (SSSR count). The molecule has 26 heavy (non-hydrogen) atoms. The topological polar surface area (TPSA) is 125 Å².